The Bertz CT molecular complexity index is 561. The molecule has 8 nitrogen and oxygen atoms in total. The highest BCUT2D eigenvalue weighted by atomic mass is 16.5. The van der Waals surface area contributed by atoms with Crippen LogP contribution in [0, 0.1) is 5.92 Å². The number of amides is 3. The van der Waals surface area contributed by atoms with Crippen molar-refractivity contribution in [2.45, 2.75) is 19.4 Å². The van der Waals surface area contributed by atoms with Gasteiger partial charge in [-0.3, -0.25) is 19.6 Å². The zero-order valence-electron chi connectivity index (χ0n) is 14.0. The molecule has 132 valence electrons. The van der Waals surface area contributed by atoms with Gasteiger partial charge in [-0.1, -0.05) is 19.1 Å². The van der Waals surface area contributed by atoms with Crippen molar-refractivity contribution in [1.82, 2.24) is 15.7 Å². The molecule has 24 heavy (non-hydrogen) atoms. The zero-order chi connectivity index (χ0) is 18.1. The van der Waals surface area contributed by atoms with Crippen molar-refractivity contribution in [2.75, 3.05) is 20.7 Å². The number of methoxy groups -OCH3 is 1. The van der Waals surface area contributed by atoms with Gasteiger partial charge < -0.3 is 15.4 Å². The molecule has 0 aliphatic rings. The molecular weight excluding hydrogens is 314 g/mol. The van der Waals surface area contributed by atoms with Crippen molar-refractivity contribution >= 4 is 18.2 Å². The van der Waals surface area contributed by atoms with Crippen LogP contribution in [-0.4, -0.2) is 55.2 Å². The van der Waals surface area contributed by atoms with Crippen molar-refractivity contribution in [2.24, 2.45) is 5.92 Å². The molecule has 0 aliphatic heterocycles. The smallest absolute Gasteiger partial charge is 0.242 e. The number of hydroxylamine groups is 2. The predicted octanol–water partition coefficient (Wildman–Crippen LogP) is -0.0478. The average molecular weight is 337 g/mol. The van der Waals surface area contributed by atoms with Gasteiger partial charge in [-0.05, 0) is 17.7 Å². The topological polar surface area (TPSA) is 108 Å². The van der Waals surface area contributed by atoms with Crippen LogP contribution in [0.4, 0.5) is 0 Å². The third-order valence-corrected chi connectivity index (χ3v) is 3.51. The van der Waals surface area contributed by atoms with Crippen molar-refractivity contribution in [3.05, 3.63) is 29.8 Å². The summed E-state index contributed by atoms with van der Waals surface area (Å²) in [5.41, 5.74) is 0.856. The van der Waals surface area contributed by atoms with Gasteiger partial charge in [0.05, 0.1) is 19.6 Å². The third kappa shape index (κ3) is 5.88. The van der Waals surface area contributed by atoms with E-state index in [1.165, 1.54) is 7.05 Å². The highest BCUT2D eigenvalue weighted by molar-refractivity contribution is 5.88. The first-order valence-corrected chi connectivity index (χ1v) is 7.47. The van der Waals surface area contributed by atoms with Crippen molar-refractivity contribution in [3.63, 3.8) is 0 Å². The molecule has 0 spiro atoms. The molecule has 1 aromatic rings. The first kappa shape index (κ1) is 19.4. The average Bonchev–Trinajstić information content (AvgIpc) is 2.60. The van der Waals surface area contributed by atoms with Gasteiger partial charge in [-0.2, -0.15) is 0 Å². The number of ether oxygens (including phenoxy) is 1. The lowest BCUT2D eigenvalue weighted by molar-refractivity contribution is -0.154. The number of nitrogens with one attached hydrogen (secondary N) is 2. The first-order valence-electron chi connectivity index (χ1n) is 7.47. The fourth-order valence-electron chi connectivity index (χ4n) is 2.10. The minimum absolute atomic E-state index is 0.154. The van der Waals surface area contributed by atoms with E-state index in [1.54, 1.807) is 26.2 Å². The van der Waals surface area contributed by atoms with Gasteiger partial charge in [0.2, 0.25) is 18.2 Å². The number of benzene rings is 1. The fourth-order valence-corrected chi connectivity index (χ4v) is 2.10. The van der Waals surface area contributed by atoms with Crippen LogP contribution in [0.15, 0.2) is 24.3 Å². The Kier molecular flexibility index (Phi) is 7.70. The number of carbonyl (C=O) groups excluding carboxylic acids is 3. The molecular formula is C16H23N3O5. The van der Waals surface area contributed by atoms with Crippen molar-refractivity contribution in [3.8, 4) is 5.75 Å². The highest BCUT2D eigenvalue weighted by Gasteiger charge is 2.24. The molecule has 0 fully saturated rings. The molecule has 1 rings (SSSR count). The van der Waals surface area contributed by atoms with Gasteiger partial charge in [0.15, 0.2) is 0 Å². The Hall–Kier alpha value is -2.61. The second-order valence-electron chi connectivity index (χ2n) is 5.36. The largest absolute Gasteiger partial charge is 0.497 e. The minimum Gasteiger partial charge on any atom is -0.497 e. The summed E-state index contributed by atoms with van der Waals surface area (Å²) in [5.74, 6) is -0.728. The van der Waals surface area contributed by atoms with Crippen LogP contribution in [0.2, 0.25) is 0 Å². The molecule has 0 saturated carbocycles. The minimum atomic E-state index is -0.762. The Morgan fingerprint density at radius 2 is 1.92 bits per heavy atom. The molecule has 0 saturated heterocycles. The number of nitrogens with zero attached hydrogens (tertiary/aromatic N) is 1. The Balaban J connectivity index is 2.75. The second kappa shape index (κ2) is 9.51. The quantitative estimate of drug-likeness (QED) is 0.333. The predicted molar refractivity (Wildman–Crippen MR) is 86.4 cm³/mol. The van der Waals surface area contributed by atoms with Crippen LogP contribution in [0.3, 0.4) is 0 Å². The van der Waals surface area contributed by atoms with E-state index in [1.807, 2.05) is 12.1 Å². The molecule has 0 aliphatic carbocycles. The van der Waals surface area contributed by atoms with Gasteiger partial charge in [0.25, 0.3) is 0 Å². The standard InChI is InChI=1S/C16H23N3O5/c1-11(9-19(23)10-20)15(21)18-14(16(22)17-2)8-12-4-6-13(24-3)7-5-12/h4-7,10-11,14,23H,8-9H2,1-3H3,(H,17,22)(H,18,21)/t11?,14-/m0/s1. The Morgan fingerprint density at radius 3 is 2.42 bits per heavy atom. The van der Waals surface area contributed by atoms with Crippen LogP contribution in [0.1, 0.15) is 12.5 Å². The van der Waals surface area contributed by atoms with Crippen LogP contribution < -0.4 is 15.4 Å². The highest BCUT2D eigenvalue weighted by Crippen LogP contribution is 2.13. The molecule has 0 bridgehead atoms. The summed E-state index contributed by atoms with van der Waals surface area (Å²) >= 11 is 0. The molecule has 3 N–H and O–H groups in total. The lowest BCUT2D eigenvalue weighted by atomic mass is 10.0. The molecule has 0 heterocycles. The van der Waals surface area contributed by atoms with Gasteiger partial charge in [-0.25, -0.2) is 5.06 Å². The van der Waals surface area contributed by atoms with Gasteiger partial charge in [-0.15, -0.1) is 0 Å². The molecule has 0 radical (unpaired) electrons. The van der Waals surface area contributed by atoms with E-state index in [2.05, 4.69) is 10.6 Å². The van der Waals surface area contributed by atoms with E-state index < -0.39 is 17.9 Å². The molecule has 2 atom stereocenters. The summed E-state index contributed by atoms with van der Waals surface area (Å²) in [4.78, 5) is 34.6. The van der Waals surface area contributed by atoms with E-state index in [9.17, 15) is 14.4 Å². The maximum atomic E-state index is 12.2. The molecule has 1 unspecified atom stereocenters. The lowest BCUT2D eigenvalue weighted by Gasteiger charge is -2.21. The summed E-state index contributed by atoms with van der Waals surface area (Å²) in [7, 11) is 3.05. The second-order valence-corrected chi connectivity index (χ2v) is 5.36. The molecule has 0 aromatic heterocycles. The SMILES string of the molecule is CNC(=O)[C@H](Cc1ccc(OC)cc1)NC(=O)C(C)CN(O)C=O. The number of hydrogen-bond donors (Lipinski definition) is 3. The van der Waals surface area contributed by atoms with Crippen LogP contribution >= 0.6 is 0 Å². The van der Waals surface area contributed by atoms with Crippen molar-refractivity contribution < 1.29 is 24.3 Å². The van der Waals surface area contributed by atoms with Crippen molar-refractivity contribution in [1.29, 1.82) is 0 Å². The fraction of sp³-hybridized carbons (Fsp3) is 0.438. The summed E-state index contributed by atoms with van der Waals surface area (Å²) in [6.45, 7) is 1.40. The van der Waals surface area contributed by atoms with E-state index in [0.717, 1.165) is 5.56 Å². The Morgan fingerprint density at radius 1 is 1.29 bits per heavy atom. The number of likely N-dealkylation sites (N-methyl/N-ethyl adjacent to an activating group) is 1. The molecule has 1 aromatic carbocycles. The molecule has 8 heteroatoms. The normalized spacial score (nSPS) is 12.7. The van der Waals surface area contributed by atoms with Crippen LogP contribution in [0.25, 0.3) is 0 Å². The monoisotopic (exact) mass is 337 g/mol. The number of rotatable bonds is 9. The molecule has 3 amide bonds. The number of carbonyl (C=O) groups is 3. The van der Waals surface area contributed by atoms with E-state index >= 15 is 0 Å². The van der Waals surface area contributed by atoms with Gasteiger partial charge in [0.1, 0.15) is 11.8 Å². The van der Waals surface area contributed by atoms with Crippen LogP contribution in [0.5, 0.6) is 5.75 Å². The van der Waals surface area contributed by atoms with Gasteiger partial charge >= 0.3 is 0 Å². The van der Waals surface area contributed by atoms with Gasteiger partial charge in [0, 0.05) is 13.5 Å². The first-order chi connectivity index (χ1) is 11.4. The van der Waals surface area contributed by atoms with E-state index in [0.29, 0.717) is 17.2 Å². The number of hydrogen-bond acceptors (Lipinski definition) is 5. The lowest BCUT2D eigenvalue weighted by Crippen LogP contribution is -2.49. The third-order valence-electron chi connectivity index (χ3n) is 3.51. The van der Waals surface area contributed by atoms with E-state index in [-0.39, 0.29) is 18.9 Å². The summed E-state index contributed by atoms with van der Waals surface area (Å²) in [6, 6.07) is 6.41. The maximum absolute atomic E-state index is 12.2. The Labute approximate surface area is 140 Å². The van der Waals surface area contributed by atoms with Crippen LogP contribution in [-0.2, 0) is 20.8 Å². The summed E-state index contributed by atoms with van der Waals surface area (Å²) in [5, 5.41) is 14.7. The summed E-state index contributed by atoms with van der Waals surface area (Å²) in [6.07, 6.45) is 0.524. The summed E-state index contributed by atoms with van der Waals surface area (Å²) < 4.78 is 5.08. The van der Waals surface area contributed by atoms with E-state index in [4.69, 9.17) is 9.94 Å². The maximum Gasteiger partial charge on any atom is 0.242 e. The zero-order valence-corrected chi connectivity index (χ0v) is 14.0.